The Morgan fingerprint density at radius 3 is 2.84 bits per heavy atom. The van der Waals surface area contributed by atoms with Gasteiger partial charge in [0.05, 0.1) is 20.3 Å². The minimum atomic E-state index is -0.148. The zero-order chi connectivity index (χ0) is 22.4. The molecule has 0 unspecified atom stereocenters. The van der Waals surface area contributed by atoms with E-state index in [0.29, 0.717) is 43.6 Å². The van der Waals surface area contributed by atoms with E-state index >= 15 is 0 Å². The summed E-state index contributed by atoms with van der Waals surface area (Å²) in [5, 5.41) is 2.80. The molecule has 0 atom stereocenters. The third kappa shape index (κ3) is 6.21. The fraction of sp³-hybridized carbons (Fsp3) is 0.348. The topological polar surface area (TPSA) is 84.0 Å². The van der Waals surface area contributed by atoms with Crippen molar-refractivity contribution < 1.29 is 19.1 Å². The van der Waals surface area contributed by atoms with Gasteiger partial charge in [-0.1, -0.05) is 12.1 Å². The van der Waals surface area contributed by atoms with E-state index in [0.717, 1.165) is 16.7 Å². The smallest absolute Gasteiger partial charge is 0.246 e. The number of hydrogen-bond donors (Lipinski definition) is 1. The van der Waals surface area contributed by atoms with E-state index in [4.69, 9.17) is 9.47 Å². The maximum Gasteiger partial charge on any atom is 0.246 e. The summed E-state index contributed by atoms with van der Waals surface area (Å²) in [5.41, 5.74) is 2.58. The zero-order valence-electron chi connectivity index (χ0n) is 18.8. The van der Waals surface area contributed by atoms with Gasteiger partial charge in [0.2, 0.25) is 11.8 Å². The summed E-state index contributed by atoms with van der Waals surface area (Å²) in [6, 6.07) is 7.56. The molecule has 8 nitrogen and oxygen atoms in total. The van der Waals surface area contributed by atoms with E-state index in [-0.39, 0.29) is 24.2 Å². The van der Waals surface area contributed by atoms with Gasteiger partial charge in [-0.2, -0.15) is 0 Å². The molecule has 0 saturated heterocycles. The lowest BCUT2D eigenvalue weighted by Crippen LogP contribution is -2.26. The Hall–Kier alpha value is -3.10. The highest BCUT2D eigenvalue weighted by Crippen LogP contribution is 2.31. The Kier molecular flexibility index (Phi) is 9.04. The molecule has 3 rings (SSSR count). The Morgan fingerprint density at radius 1 is 1.34 bits per heavy atom. The van der Waals surface area contributed by atoms with Crippen molar-refractivity contribution in [1.82, 2.24) is 14.8 Å². The average Bonchev–Trinajstić information content (AvgIpc) is 2.88. The van der Waals surface area contributed by atoms with Gasteiger partial charge < -0.3 is 19.7 Å². The summed E-state index contributed by atoms with van der Waals surface area (Å²) in [4.78, 5) is 32.3. The number of methoxy groups -OCH3 is 1. The summed E-state index contributed by atoms with van der Waals surface area (Å²) in [6.45, 7) is 3.72. The van der Waals surface area contributed by atoms with Gasteiger partial charge >= 0.3 is 0 Å². The Bertz CT molecular complexity index is 996. The van der Waals surface area contributed by atoms with Crippen LogP contribution in [0.4, 0.5) is 5.82 Å². The van der Waals surface area contributed by atoms with E-state index in [1.165, 1.54) is 6.08 Å². The third-order valence-corrected chi connectivity index (χ3v) is 4.87. The Balaban J connectivity index is 0.00000363. The number of pyridine rings is 1. The maximum absolute atomic E-state index is 12.7. The second-order valence-corrected chi connectivity index (χ2v) is 7.41. The summed E-state index contributed by atoms with van der Waals surface area (Å²) in [7, 11) is 5.21. The van der Waals surface area contributed by atoms with Crippen molar-refractivity contribution in [2.45, 2.75) is 20.0 Å². The molecule has 0 spiro atoms. The van der Waals surface area contributed by atoms with Gasteiger partial charge in [-0.15, -0.1) is 12.4 Å². The third-order valence-electron chi connectivity index (χ3n) is 4.87. The number of likely N-dealkylation sites (N-methyl/N-ethyl adjacent to an activating group) is 2. The quantitative estimate of drug-likeness (QED) is 0.639. The lowest BCUT2D eigenvalue weighted by molar-refractivity contribution is -0.125. The highest BCUT2D eigenvalue weighted by Gasteiger charge is 2.18. The molecule has 0 aliphatic carbocycles. The van der Waals surface area contributed by atoms with Crippen molar-refractivity contribution in [2.24, 2.45) is 0 Å². The first-order chi connectivity index (χ1) is 14.9. The molecule has 0 bridgehead atoms. The van der Waals surface area contributed by atoms with Crippen LogP contribution in [0.25, 0.3) is 6.08 Å². The highest BCUT2D eigenvalue weighted by molar-refractivity contribution is 5.93. The van der Waals surface area contributed by atoms with Crippen molar-refractivity contribution in [1.29, 1.82) is 0 Å². The first-order valence-corrected chi connectivity index (χ1v) is 10.1. The molecule has 9 heteroatoms. The average molecular weight is 461 g/mol. The number of hydrogen-bond acceptors (Lipinski definition) is 6. The number of nitrogens with one attached hydrogen (secondary N) is 1. The summed E-state index contributed by atoms with van der Waals surface area (Å²) in [5.74, 6) is 1.63. The predicted octanol–water partition coefficient (Wildman–Crippen LogP) is 2.97. The number of ether oxygens (including phenoxy) is 2. The minimum Gasteiger partial charge on any atom is -0.493 e. The normalized spacial score (nSPS) is 13.6. The number of nitrogens with zero attached hydrogens (tertiary/aromatic N) is 3. The molecule has 0 fully saturated rings. The van der Waals surface area contributed by atoms with E-state index in [9.17, 15) is 9.59 Å². The lowest BCUT2D eigenvalue weighted by Gasteiger charge is -2.19. The molecule has 1 aromatic heterocycles. The maximum atomic E-state index is 12.7. The first-order valence-electron chi connectivity index (χ1n) is 10.1. The van der Waals surface area contributed by atoms with Crippen LogP contribution in [0.3, 0.4) is 0 Å². The van der Waals surface area contributed by atoms with Crippen molar-refractivity contribution in [3.8, 4) is 11.5 Å². The summed E-state index contributed by atoms with van der Waals surface area (Å²) < 4.78 is 11.1. The molecule has 172 valence electrons. The van der Waals surface area contributed by atoms with Crippen LogP contribution in [-0.2, 0) is 22.7 Å². The highest BCUT2D eigenvalue weighted by atomic mass is 35.5. The van der Waals surface area contributed by atoms with E-state index in [1.54, 1.807) is 31.3 Å². The molecular formula is C23H29ClN4O4. The molecule has 1 aromatic carbocycles. The van der Waals surface area contributed by atoms with Gasteiger partial charge in [0.1, 0.15) is 5.82 Å². The van der Waals surface area contributed by atoms with Crippen molar-refractivity contribution in [3.05, 3.63) is 53.2 Å². The number of para-hydroxylation sites is 1. The number of carbonyl (C=O) groups excluding carboxylic acids is 2. The van der Waals surface area contributed by atoms with Gasteiger partial charge in [-0.05, 0) is 37.7 Å². The van der Waals surface area contributed by atoms with Crippen LogP contribution >= 0.6 is 12.4 Å². The van der Waals surface area contributed by atoms with E-state index < -0.39 is 0 Å². The Morgan fingerprint density at radius 2 is 2.12 bits per heavy atom. The fourth-order valence-corrected chi connectivity index (χ4v) is 3.40. The zero-order valence-corrected chi connectivity index (χ0v) is 19.6. The second kappa shape index (κ2) is 11.5. The number of amides is 2. The molecule has 2 amide bonds. The van der Waals surface area contributed by atoms with Crippen LogP contribution in [0.1, 0.15) is 23.6 Å². The molecule has 1 aliphatic rings. The van der Waals surface area contributed by atoms with Crippen LogP contribution < -0.4 is 14.8 Å². The molecular weight excluding hydrogens is 432 g/mol. The lowest BCUT2D eigenvalue weighted by atomic mass is 10.1. The molecule has 2 heterocycles. The van der Waals surface area contributed by atoms with Crippen molar-refractivity contribution in [2.75, 3.05) is 39.7 Å². The molecule has 32 heavy (non-hydrogen) atoms. The van der Waals surface area contributed by atoms with E-state index in [1.807, 2.05) is 43.1 Å². The SMILES string of the molecule is CCOc1c(CN(C)C(=O)/C=C/c2cnc3c(c2)CN(C)CC(=O)N3)cccc1OC.Cl. The van der Waals surface area contributed by atoms with Crippen LogP contribution in [0.15, 0.2) is 36.5 Å². The van der Waals surface area contributed by atoms with Crippen molar-refractivity contribution in [3.63, 3.8) is 0 Å². The van der Waals surface area contributed by atoms with E-state index in [2.05, 4.69) is 10.3 Å². The Labute approximate surface area is 194 Å². The van der Waals surface area contributed by atoms with Gasteiger partial charge in [-0.25, -0.2) is 4.98 Å². The molecule has 1 aliphatic heterocycles. The van der Waals surface area contributed by atoms with Crippen LogP contribution in [0.5, 0.6) is 11.5 Å². The number of rotatable bonds is 7. The van der Waals surface area contributed by atoms with Gasteiger partial charge in [0.25, 0.3) is 0 Å². The van der Waals surface area contributed by atoms with Crippen LogP contribution in [0.2, 0.25) is 0 Å². The standard InChI is InChI=1S/C23H28N4O4.ClH/c1-5-31-22-17(7-6-8-19(22)30-4)14-27(3)21(29)10-9-16-11-18-13-26(2)15-20(28)25-23(18)24-12-16;/h6-12H,5,13-15H2,1-4H3,(H,24,25,28);1H/b10-9+;. The molecule has 1 N–H and O–H groups in total. The van der Waals surface area contributed by atoms with Crippen LogP contribution in [0, 0.1) is 0 Å². The molecule has 0 radical (unpaired) electrons. The minimum absolute atomic E-state index is 0. The number of carbonyl (C=O) groups is 2. The summed E-state index contributed by atoms with van der Waals surface area (Å²) >= 11 is 0. The fourth-order valence-electron chi connectivity index (χ4n) is 3.40. The first kappa shape index (κ1) is 25.2. The van der Waals surface area contributed by atoms with Crippen LogP contribution in [-0.4, -0.2) is 61.0 Å². The molecule has 0 saturated carbocycles. The van der Waals surface area contributed by atoms with Gasteiger partial charge in [0.15, 0.2) is 11.5 Å². The number of fused-ring (bicyclic) bond motifs is 1. The summed E-state index contributed by atoms with van der Waals surface area (Å²) in [6.07, 6.45) is 4.89. The largest absolute Gasteiger partial charge is 0.493 e. The van der Waals surface area contributed by atoms with Crippen molar-refractivity contribution >= 4 is 36.1 Å². The monoisotopic (exact) mass is 460 g/mol. The number of aromatic nitrogens is 1. The molecule has 2 aromatic rings. The second-order valence-electron chi connectivity index (χ2n) is 7.41. The number of anilines is 1. The predicted molar refractivity (Wildman–Crippen MR) is 126 cm³/mol. The van der Waals surface area contributed by atoms with Gasteiger partial charge in [0, 0.05) is 43.5 Å². The number of halogens is 1. The number of benzene rings is 1. The van der Waals surface area contributed by atoms with Gasteiger partial charge in [-0.3, -0.25) is 14.5 Å².